The van der Waals surface area contributed by atoms with Gasteiger partial charge < -0.3 is 10.2 Å². The predicted octanol–water partition coefficient (Wildman–Crippen LogP) is 2.37. The summed E-state index contributed by atoms with van der Waals surface area (Å²) < 4.78 is 0. The van der Waals surface area contributed by atoms with Gasteiger partial charge >= 0.3 is 0 Å². The van der Waals surface area contributed by atoms with Crippen LogP contribution in [0.1, 0.15) is 27.8 Å². The largest absolute Gasteiger partial charge is 0.311 e. The average Bonchev–Trinajstić information content (AvgIpc) is 2.32. The molecule has 100 valence electrons. The van der Waals surface area contributed by atoms with Crippen LogP contribution in [0.15, 0.2) is 6.07 Å². The Morgan fingerprint density at radius 1 is 1.17 bits per heavy atom. The zero-order valence-corrected chi connectivity index (χ0v) is 12.4. The Bertz CT molecular complexity index is 411. The van der Waals surface area contributed by atoms with Crippen molar-refractivity contribution in [2.45, 2.75) is 40.2 Å². The molecule has 1 aliphatic rings. The van der Waals surface area contributed by atoms with Crippen LogP contribution in [-0.2, 0) is 6.42 Å². The number of nitrogens with one attached hydrogen (secondary N) is 1. The molecule has 2 heteroatoms. The highest BCUT2D eigenvalue weighted by atomic mass is 15.2. The van der Waals surface area contributed by atoms with E-state index < -0.39 is 0 Å². The van der Waals surface area contributed by atoms with E-state index in [9.17, 15) is 0 Å². The summed E-state index contributed by atoms with van der Waals surface area (Å²) in [5.41, 5.74) is 7.37. The SMILES string of the molecule is Cc1cc(C)c(C)c(CC2CN(C)CCN2)c1C. The van der Waals surface area contributed by atoms with Gasteiger partial charge in [-0.25, -0.2) is 0 Å². The summed E-state index contributed by atoms with van der Waals surface area (Å²) in [4.78, 5) is 2.43. The first kappa shape index (κ1) is 13.6. The summed E-state index contributed by atoms with van der Waals surface area (Å²) in [7, 11) is 2.22. The summed E-state index contributed by atoms with van der Waals surface area (Å²) in [6.07, 6.45) is 1.16. The van der Waals surface area contributed by atoms with Gasteiger partial charge in [-0.2, -0.15) is 0 Å². The van der Waals surface area contributed by atoms with Crippen LogP contribution in [0.5, 0.6) is 0 Å². The van der Waals surface area contributed by atoms with E-state index in [-0.39, 0.29) is 0 Å². The highest BCUT2D eigenvalue weighted by molar-refractivity contribution is 5.44. The highest BCUT2D eigenvalue weighted by Crippen LogP contribution is 2.23. The molecular formula is C16H26N2. The summed E-state index contributed by atoms with van der Waals surface area (Å²) in [5, 5.41) is 3.65. The third-order valence-corrected chi connectivity index (χ3v) is 4.43. The van der Waals surface area contributed by atoms with Gasteiger partial charge in [-0.15, -0.1) is 0 Å². The van der Waals surface area contributed by atoms with E-state index in [2.05, 4.69) is 51.0 Å². The second-order valence-corrected chi connectivity index (χ2v) is 5.86. The molecule has 1 atom stereocenters. The molecule has 1 heterocycles. The Morgan fingerprint density at radius 3 is 2.33 bits per heavy atom. The van der Waals surface area contributed by atoms with Crippen molar-refractivity contribution in [3.63, 3.8) is 0 Å². The smallest absolute Gasteiger partial charge is 0.0236 e. The van der Waals surface area contributed by atoms with Crippen molar-refractivity contribution in [1.29, 1.82) is 0 Å². The van der Waals surface area contributed by atoms with Crippen LogP contribution >= 0.6 is 0 Å². The Morgan fingerprint density at radius 2 is 1.78 bits per heavy atom. The van der Waals surface area contributed by atoms with Crippen LogP contribution < -0.4 is 5.32 Å². The Labute approximate surface area is 111 Å². The minimum absolute atomic E-state index is 0.599. The van der Waals surface area contributed by atoms with Crippen LogP contribution in [-0.4, -0.2) is 37.6 Å². The molecule has 0 radical (unpaired) electrons. The van der Waals surface area contributed by atoms with Crippen molar-refractivity contribution in [3.05, 3.63) is 33.9 Å². The van der Waals surface area contributed by atoms with Crippen LogP contribution in [0.4, 0.5) is 0 Å². The molecule has 2 rings (SSSR count). The van der Waals surface area contributed by atoms with Crippen LogP contribution in [0.3, 0.4) is 0 Å². The first-order valence-electron chi connectivity index (χ1n) is 6.97. The standard InChI is InChI=1S/C16H26N2/c1-11-8-12(2)14(4)16(13(11)3)9-15-10-18(5)7-6-17-15/h8,15,17H,6-7,9-10H2,1-5H3. The van der Waals surface area contributed by atoms with Gasteiger partial charge in [-0.05, 0) is 69.0 Å². The zero-order valence-electron chi connectivity index (χ0n) is 12.4. The lowest BCUT2D eigenvalue weighted by atomic mass is 9.90. The van der Waals surface area contributed by atoms with Crippen molar-refractivity contribution in [2.75, 3.05) is 26.7 Å². The number of benzene rings is 1. The fourth-order valence-electron chi connectivity index (χ4n) is 2.98. The van der Waals surface area contributed by atoms with Gasteiger partial charge in [0, 0.05) is 25.7 Å². The fourth-order valence-corrected chi connectivity index (χ4v) is 2.98. The molecule has 0 saturated carbocycles. The quantitative estimate of drug-likeness (QED) is 0.862. The molecule has 0 amide bonds. The lowest BCUT2D eigenvalue weighted by Gasteiger charge is -2.32. The van der Waals surface area contributed by atoms with Crippen LogP contribution in [0, 0.1) is 27.7 Å². The summed E-state index contributed by atoms with van der Waals surface area (Å²) in [6.45, 7) is 12.4. The first-order valence-corrected chi connectivity index (χ1v) is 6.97. The van der Waals surface area contributed by atoms with Crippen molar-refractivity contribution in [3.8, 4) is 0 Å². The topological polar surface area (TPSA) is 15.3 Å². The molecule has 1 aromatic rings. The maximum atomic E-state index is 3.65. The number of rotatable bonds is 2. The van der Waals surface area contributed by atoms with Crippen molar-refractivity contribution in [1.82, 2.24) is 10.2 Å². The second-order valence-electron chi connectivity index (χ2n) is 5.86. The molecule has 1 unspecified atom stereocenters. The van der Waals surface area contributed by atoms with Crippen LogP contribution in [0.25, 0.3) is 0 Å². The number of piperazine rings is 1. The molecule has 2 nitrogen and oxygen atoms in total. The summed E-state index contributed by atoms with van der Waals surface area (Å²) >= 11 is 0. The van der Waals surface area contributed by atoms with E-state index in [4.69, 9.17) is 0 Å². The molecule has 18 heavy (non-hydrogen) atoms. The van der Waals surface area contributed by atoms with Crippen molar-refractivity contribution in [2.24, 2.45) is 0 Å². The zero-order chi connectivity index (χ0) is 13.3. The molecule has 0 aliphatic carbocycles. The average molecular weight is 246 g/mol. The maximum absolute atomic E-state index is 3.65. The normalized spacial score (nSPS) is 21.3. The van der Waals surface area contributed by atoms with E-state index in [1.807, 2.05) is 0 Å². The van der Waals surface area contributed by atoms with Crippen molar-refractivity contribution < 1.29 is 0 Å². The second kappa shape index (κ2) is 5.41. The number of hydrogen-bond donors (Lipinski definition) is 1. The third-order valence-electron chi connectivity index (χ3n) is 4.43. The lowest BCUT2D eigenvalue weighted by Crippen LogP contribution is -2.50. The van der Waals surface area contributed by atoms with Crippen LogP contribution in [0.2, 0.25) is 0 Å². The van der Waals surface area contributed by atoms with Gasteiger partial charge in [0.1, 0.15) is 0 Å². The summed E-state index contributed by atoms with van der Waals surface area (Å²) in [5.74, 6) is 0. The van der Waals surface area contributed by atoms with Gasteiger partial charge in [0.15, 0.2) is 0 Å². The fraction of sp³-hybridized carbons (Fsp3) is 0.625. The van der Waals surface area contributed by atoms with E-state index in [0.717, 1.165) is 19.5 Å². The molecule has 1 N–H and O–H groups in total. The van der Waals surface area contributed by atoms with E-state index >= 15 is 0 Å². The molecule has 1 aliphatic heterocycles. The van der Waals surface area contributed by atoms with Gasteiger partial charge in [-0.1, -0.05) is 6.07 Å². The monoisotopic (exact) mass is 246 g/mol. The molecule has 0 aromatic heterocycles. The minimum Gasteiger partial charge on any atom is -0.311 e. The van der Waals surface area contributed by atoms with E-state index in [0.29, 0.717) is 6.04 Å². The highest BCUT2D eigenvalue weighted by Gasteiger charge is 2.19. The minimum atomic E-state index is 0.599. The molecule has 1 saturated heterocycles. The molecule has 0 spiro atoms. The predicted molar refractivity (Wildman–Crippen MR) is 78.4 cm³/mol. The van der Waals surface area contributed by atoms with Gasteiger partial charge in [0.05, 0.1) is 0 Å². The van der Waals surface area contributed by atoms with E-state index in [1.54, 1.807) is 5.56 Å². The number of likely N-dealkylation sites (N-methyl/N-ethyl adjacent to an activating group) is 1. The molecule has 0 bridgehead atoms. The summed E-state index contributed by atoms with van der Waals surface area (Å²) in [6, 6.07) is 2.91. The number of aryl methyl sites for hydroxylation is 2. The van der Waals surface area contributed by atoms with Gasteiger partial charge in [0.25, 0.3) is 0 Å². The number of hydrogen-bond acceptors (Lipinski definition) is 2. The Balaban J connectivity index is 2.23. The molecular weight excluding hydrogens is 220 g/mol. The Kier molecular flexibility index (Phi) is 4.08. The van der Waals surface area contributed by atoms with Gasteiger partial charge in [0.2, 0.25) is 0 Å². The Hall–Kier alpha value is -0.860. The van der Waals surface area contributed by atoms with E-state index in [1.165, 1.54) is 28.8 Å². The number of nitrogens with zero attached hydrogens (tertiary/aromatic N) is 1. The third kappa shape index (κ3) is 2.76. The lowest BCUT2D eigenvalue weighted by molar-refractivity contribution is 0.238. The maximum Gasteiger partial charge on any atom is 0.0236 e. The van der Waals surface area contributed by atoms with Crippen molar-refractivity contribution >= 4 is 0 Å². The molecule has 1 fully saturated rings. The first-order chi connectivity index (χ1) is 8.49. The van der Waals surface area contributed by atoms with Gasteiger partial charge in [-0.3, -0.25) is 0 Å². The molecule has 1 aromatic carbocycles.